The predicted molar refractivity (Wildman–Crippen MR) is 113 cm³/mol. The molecule has 0 atom stereocenters. The molecule has 0 radical (unpaired) electrons. The van der Waals surface area contributed by atoms with Crippen LogP contribution in [0, 0.1) is 20.8 Å². The lowest BCUT2D eigenvalue weighted by molar-refractivity contribution is -0.113. The van der Waals surface area contributed by atoms with Gasteiger partial charge in [-0.3, -0.25) is 4.79 Å². The average Bonchev–Trinajstić information content (AvgIpc) is 3.10. The number of aromatic nitrogens is 2. The maximum atomic E-state index is 12.3. The Kier molecular flexibility index (Phi) is 4.36. The minimum absolute atomic E-state index is 0.214. The standard InChI is InChI=1S/C21H20N4OS/c1-12-5-7-16(13(2)9-12)23-21-24-20(26)19(27-21)11-15-6-8-17-18(10-15)25(4)14(3)22-17/h5-11H,1-4H3,(H,23,24,26)/b19-11-. The van der Waals surface area contributed by atoms with E-state index in [1.165, 1.54) is 17.3 Å². The van der Waals surface area contributed by atoms with Gasteiger partial charge in [-0.15, -0.1) is 0 Å². The molecular weight excluding hydrogens is 356 g/mol. The number of nitrogens with zero attached hydrogens (tertiary/aromatic N) is 3. The Balaban J connectivity index is 1.57. The Labute approximate surface area is 162 Å². The van der Waals surface area contributed by atoms with Crippen molar-refractivity contribution in [3.05, 3.63) is 63.8 Å². The molecule has 4 rings (SSSR count). The van der Waals surface area contributed by atoms with Crippen LogP contribution in [0.4, 0.5) is 5.69 Å². The van der Waals surface area contributed by atoms with Crippen molar-refractivity contribution < 1.29 is 4.79 Å². The molecule has 5 nitrogen and oxygen atoms in total. The lowest BCUT2D eigenvalue weighted by atomic mass is 10.1. The van der Waals surface area contributed by atoms with Crippen molar-refractivity contribution in [2.45, 2.75) is 20.8 Å². The lowest BCUT2D eigenvalue weighted by Crippen LogP contribution is -2.06. The first-order chi connectivity index (χ1) is 12.9. The Morgan fingerprint density at radius 3 is 2.70 bits per heavy atom. The number of hydrogen-bond donors (Lipinski definition) is 1. The Hall–Kier alpha value is -2.86. The molecule has 2 aromatic carbocycles. The van der Waals surface area contributed by atoms with Crippen molar-refractivity contribution in [1.29, 1.82) is 0 Å². The smallest absolute Gasteiger partial charge is 0.286 e. The summed E-state index contributed by atoms with van der Waals surface area (Å²) < 4.78 is 2.05. The van der Waals surface area contributed by atoms with E-state index >= 15 is 0 Å². The third kappa shape index (κ3) is 3.40. The molecule has 0 saturated carbocycles. The van der Waals surface area contributed by atoms with Crippen LogP contribution < -0.4 is 5.32 Å². The van der Waals surface area contributed by atoms with Gasteiger partial charge < -0.3 is 9.88 Å². The molecule has 1 amide bonds. The summed E-state index contributed by atoms with van der Waals surface area (Å²) >= 11 is 1.36. The summed E-state index contributed by atoms with van der Waals surface area (Å²) in [5.74, 6) is 0.748. The van der Waals surface area contributed by atoms with Crippen molar-refractivity contribution in [1.82, 2.24) is 9.55 Å². The fraction of sp³-hybridized carbons (Fsp3) is 0.190. The first kappa shape index (κ1) is 17.5. The van der Waals surface area contributed by atoms with Gasteiger partial charge >= 0.3 is 0 Å². The van der Waals surface area contributed by atoms with Crippen LogP contribution in [-0.2, 0) is 11.8 Å². The highest BCUT2D eigenvalue weighted by atomic mass is 32.2. The molecule has 0 spiro atoms. The van der Waals surface area contributed by atoms with Crippen molar-refractivity contribution in [2.24, 2.45) is 12.0 Å². The number of fused-ring (bicyclic) bond motifs is 1. The molecule has 1 N–H and O–H groups in total. The highest BCUT2D eigenvalue weighted by molar-refractivity contribution is 8.18. The molecule has 2 heterocycles. The van der Waals surface area contributed by atoms with Crippen LogP contribution in [0.5, 0.6) is 0 Å². The van der Waals surface area contributed by atoms with Crippen LogP contribution in [0.25, 0.3) is 17.1 Å². The highest BCUT2D eigenvalue weighted by Crippen LogP contribution is 2.30. The quantitative estimate of drug-likeness (QED) is 0.665. The maximum absolute atomic E-state index is 12.3. The number of aliphatic imine (C=N–C) groups is 1. The first-order valence-corrected chi connectivity index (χ1v) is 9.52. The molecule has 0 fully saturated rings. The Bertz CT molecular complexity index is 1140. The number of amidine groups is 1. The number of amides is 1. The van der Waals surface area contributed by atoms with E-state index in [9.17, 15) is 4.79 Å². The topological polar surface area (TPSA) is 59.3 Å². The number of rotatable bonds is 2. The van der Waals surface area contributed by atoms with E-state index in [0.29, 0.717) is 10.1 Å². The molecule has 0 unspecified atom stereocenters. The first-order valence-electron chi connectivity index (χ1n) is 8.70. The fourth-order valence-corrected chi connectivity index (χ4v) is 3.93. The molecule has 1 aliphatic rings. The molecular formula is C21H20N4OS. The van der Waals surface area contributed by atoms with E-state index in [4.69, 9.17) is 0 Å². The molecule has 0 bridgehead atoms. The summed E-state index contributed by atoms with van der Waals surface area (Å²) in [4.78, 5) is 21.6. The van der Waals surface area contributed by atoms with Crippen LogP contribution in [0.3, 0.4) is 0 Å². The molecule has 27 heavy (non-hydrogen) atoms. The van der Waals surface area contributed by atoms with Crippen molar-refractivity contribution >= 4 is 45.6 Å². The maximum Gasteiger partial charge on any atom is 0.286 e. The van der Waals surface area contributed by atoms with E-state index < -0.39 is 0 Å². The van der Waals surface area contributed by atoms with Gasteiger partial charge in [0, 0.05) is 12.7 Å². The fourth-order valence-electron chi connectivity index (χ4n) is 3.10. The molecule has 1 aromatic heterocycles. The van der Waals surface area contributed by atoms with E-state index in [0.717, 1.165) is 33.7 Å². The van der Waals surface area contributed by atoms with Crippen molar-refractivity contribution in [3.8, 4) is 0 Å². The van der Waals surface area contributed by atoms with Gasteiger partial charge in [0.25, 0.3) is 5.91 Å². The number of aryl methyl sites for hydroxylation is 4. The van der Waals surface area contributed by atoms with Gasteiger partial charge in [0.15, 0.2) is 5.17 Å². The van der Waals surface area contributed by atoms with Gasteiger partial charge in [-0.2, -0.15) is 4.99 Å². The monoisotopic (exact) mass is 376 g/mol. The summed E-state index contributed by atoms with van der Waals surface area (Å²) in [6.07, 6.45) is 1.88. The molecule has 3 aromatic rings. The number of anilines is 1. The molecule has 6 heteroatoms. The number of carbonyl (C=O) groups is 1. The Morgan fingerprint density at radius 1 is 1.11 bits per heavy atom. The van der Waals surface area contributed by atoms with E-state index in [1.807, 2.05) is 61.9 Å². The number of imidazole rings is 1. The molecule has 136 valence electrons. The highest BCUT2D eigenvalue weighted by Gasteiger charge is 2.22. The summed E-state index contributed by atoms with van der Waals surface area (Å²) in [5.41, 5.74) is 6.26. The zero-order valence-corrected chi connectivity index (χ0v) is 16.5. The number of nitrogens with one attached hydrogen (secondary N) is 1. The van der Waals surface area contributed by atoms with Gasteiger partial charge in [0.1, 0.15) is 5.82 Å². The summed E-state index contributed by atoms with van der Waals surface area (Å²) in [5, 5.41) is 3.87. The van der Waals surface area contributed by atoms with Gasteiger partial charge in [0.2, 0.25) is 0 Å². The third-order valence-corrected chi connectivity index (χ3v) is 5.57. The summed E-state index contributed by atoms with van der Waals surface area (Å²) in [6.45, 7) is 6.08. The van der Waals surface area contributed by atoms with E-state index in [1.54, 1.807) is 0 Å². The molecule has 0 saturated heterocycles. The lowest BCUT2D eigenvalue weighted by Gasteiger charge is -2.08. The largest absolute Gasteiger partial charge is 0.334 e. The number of thioether (sulfide) groups is 1. The van der Waals surface area contributed by atoms with Gasteiger partial charge in [0.05, 0.1) is 15.9 Å². The van der Waals surface area contributed by atoms with Gasteiger partial charge in [-0.1, -0.05) is 23.8 Å². The van der Waals surface area contributed by atoms with E-state index in [2.05, 4.69) is 28.3 Å². The third-order valence-electron chi connectivity index (χ3n) is 4.67. The van der Waals surface area contributed by atoms with Crippen LogP contribution >= 0.6 is 11.8 Å². The predicted octanol–water partition coefficient (Wildman–Crippen LogP) is 4.58. The van der Waals surface area contributed by atoms with Crippen molar-refractivity contribution in [3.63, 3.8) is 0 Å². The Morgan fingerprint density at radius 2 is 1.93 bits per heavy atom. The van der Waals surface area contributed by atoms with Crippen LogP contribution in [0.15, 0.2) is 46.3 Å². The van der Waals surface area contributed by atoms with Crippen LogP contribution in [-0.4, -0.2) is 20.6 Å². The molecule has 1 aliphatic heterocycles. The minimum atomic E-state index is -0.214. The average molecular weight is 376 g/mol. The number of benzene rings is 2. The number of carbonyl (C=O) groups excluding carboxylic acids is 1. The minimum Gasteiger partial charge on any atom is -0.334 e. The summed E-state index contributed by atoms with van der Waals surface area (Å²) in [6, 6.07) is 12.2. The zero-order valence-electron chi connectivity index (χ0n) is 15.7. The second-order valence-electron chi connectivity index (χ2n) is 6.74. The zero-order chi connectivity index (χ0) is 19.1. The SMILES string of the molecule is Cc1ccc(NC2=NC(=O)/C(=C/c3ccc4nc(C)n(C)c4c3)S2)c(C)c1. The van der Waals surface area contributed by atoms with Crippen LogP contribution in [0.2, 0.25) is 0 Å². The summed E-state index contributed by atoms with van der Waals surface area (Å²) in [7, 11) is 1.99. The van der Waals surface area contributed by atoms with E-state index in [-0.39, 0.29) is 5.91 Å². The van der Waals surface area contributed by atoms with Crippen LogP contribution in [0.1, 0.15) is 22.5 Å². The van der Waals surface area contributed by atoms with Gasteiger partial charge in [-0.25, -0.2) is 4.98 Å². The number of hydrogen-bond acceptors (Lipinski definition) is 4. The second-order valence-corrected chi connectivity index (χ2v) is 7.77. The second kappa shape index (κ2) is 6.70. The van der Waals surface area contributed by atoms with Crippen molar-refractivity contribution in [2.75, 3.05) is 5.32 Å². The normalized spacial score (nSPS) is 15.6. The molecule has 0 aliphatic carbocycles. The van der Waals surface area contributed by atoms with Gasteiger partial charge in [-0.05, 0) is 67.9 Å².